The summed E-state index contributed by atoms with van der Waals surface area (Å²) >= 11 is 0. The van der Waals surface area contributed by atoms with Crippen molar-refractivity contribution in [2.45, 2.75) is 52.6 Å². The van der Waals surface area contributed by atoms with Crippen molar-refractivity contribution < 1.29 is 9.84 Å². The lowest BCUT2D eigenvalue weighted by molar-refractivity contribution is -0.0162. The average Bonchev–Trinajstić information content (AvgIpc) is 2.52. The van der Waals surface area contributed by atoms with Gasteiger partial charge >= 0.3 is 0 Å². The summed E-state index contributed by atoms with van der Waals surface area (Å²) < 4.78 is 5.96. The quantitative estimate of drug-likeness (QED) is 0.803. The largest absolute Gasteiger partial charge is 0.396 e. The number of fused-ring (bicyclic) bond motifs is 1. The maximum Gasteiger partial charge on any atom is 0.0547 e. The molecule has 0 aromatic carbocycles. The smallest absolute Gasteiger partial charge is 0.0547 e. The molecule has 0 spiro atoms. The molecule has 1 aliphatic heterocycles. The van der Waals surface area contributed by atoms with Crippen molar-refractivity contribution in [2.75, 3.05) is 13.2 Å². The van der Waals surface area contributed by atoms with Crippen molar-refractivity contribution in [3.63, 3.8) is 0 Å². The fourth-order valence-corrected chi connectivity index (χ4v) is 4.00. The van der Waals surface area contributed by atoms with Crippen LogP contribution < -0.4 is 0 Å². The van der Waals surface area contributed by atoms with Gasteiger partial charge < -0.3 is 9.84 Å². The lowest BCUT2D eigenvalue weighted by atomic mass is 9.63. The Morgan fingerprint density at radius 3 is 2.59 bits per heavy atom. The Morgan fingerprint density at radius 1 is 1.12 bits per heavy atom. The third-order valence-corrected chi connectivity index (χ3v) is 5.28. The van der Waals surface area contributed by atoms with Gasteiger partial charge in [-0.15, -0.1) is 0 Å². The predicted octanol–water partition coefficient (Wildman–Crippen LogP) is 3.09. The van der Waals surface area contributed by atoms with Gasteiger partial charge in [-0.05, 0) is 55.8 Å². The molecule has 17 heavy (non-hydrogen) atoms. The van der Waals surface area contributed by atoms with E-state index >= 15 is 0 Å². The summed E-state index contributed by atoms with van der Waals surface area (Å²) in [6.45, 7) is 8.06. The molecule has 5 unspecified atom stereocenters. The minimum atomic E-state index is 0.331. The maximum atomic E-state index is 9.42. The van der Waals surface area contributed by atoms with Crippen LogP contribution >= 0.6 is 0 Å². The van der Waals surface area contributed by atoms with Gasteiger partial charge in [0.25, 0.3) is 0 Å². The Balaban J connectivity index is 2.11. The highest BCUT2D eigenvalue weighted by molar-refractivity contribution is 4.89. The van der Waals surface area contributed by atoms with Crippen molar-refractivity contribution in [2.24, 2.45) is 29.6 Å². The van der Waals surface area contributed by atoms with Gasteiger partial charge in [-0.2, -0.15) is 0 Å². The first-order valence-corrected chi connectivity index (χ1v) is 7.36. The predicted molar refractivity (Wildman–Crippen MR) is 69.8 cm³/mol. The van der Waals surface area contributed by atoms with Gasteiger partial charge in [0.15, 0.2) is 0 Å². The van der Waals surface area contributed by atoms with Crippen LogP contribution in [-0.4, -0.2) is 24.4 Å². The summed E-state index contributed by atoms with van der Waals surface area (Å²) in [5, 5.41) is 9.42. The highest BCUT2D eigenvalue weighted by atomic mass is 16.5. The molecule has 0 aromatic rings. The molecule has 100 valence electrons. The van der Waals surface area contributed by atoms with Crippen LogP contribution in [0.4, 0.5) is 0 Å². The van der Waals surface area contributed by atoms with Gasteiger partial charge in [-0.3, -0.25) is 0 Å². The van der Waals surface area contributed by atoms with Crippen LogP contribution in [0.1, 0.15) is 46.5 Å². The Morgan fingerprint density at radius 2 is 1.88 bits per heavy atom. The minimum Gasteiger partial charge on any atom is -0.396 e. The zero-order valence-electron chi connectivity index (χ0n) is 11.6. The lowest BCUT2D eigenvalue weighted by Gasteiger charge is -2.43. The van der Waals surface area contributed by atoms with Crippen LogP contribution in [0.15, 0.2) is 0 Å². The first-order valence-electron chi connectivity index (χ1n) is 7.36. The second kappa shape index (κ2) is 5.71. The van der Waals surface area contributed by atoms with E-state index in [1.54, 1.807) is 0 Å². The fourth-order valence-electron chi connectivity index (χ4n) is 4.00. The lowest BCUT2D eigenvalue weighted by Crippen LogP contribution is -2.39. The second-order valence-electron chi connectivity index (χ2n) is 6.43. The number of ether oxygens (including phenoxy) is 1. The third-order valence-electron chi connectivity index (χ3n) is 5.28. The summed E-state index contributed by atoms with van der Waals surface area (Å²) in [5.74, 6) is 3.47. The average molecular weight is 240 g/mol. The summed E-state index contributed by atoms with van der Waals surface area (Å²) in [6.07, 6.45) is 5.58. The number of rotatable bonds is 2. The van der Waals surface area contributed by atoms with Gasteiger partial charge in [0, 0.05) is 6.61 Å². The van der Waals surface area contributed by atoms with Crippen LogP contribution in [0.5, 0.6) is 0 Å². The van der Waals surface area contributed by atoms with Gasteiger partial charge in [0.2, 0.25) is 0 Å². The fraction of sp³-hybridized carbons (Fsp3) is 1.00. The Kier molecular flexibility index (Phi) is 4.48. The Bertz CT molecular complexity index is 235. The molecule has 2 fully saturated rings. The molecule has 0 bridgehead atoms. The zero-order chi connectivity index (χ0) is 12.4. The molecular weight excluding hydrogens is 212 g/mol. The first kappa shape index (κ1) is 13.4. The van der Waals surface area contributed by atoms with Crippen molar-refractivity contribution in [3.05, 3.63) is 0 Å². The van der Waals surface area contributed by atoms with E-state index in [4.69, 9.17) is 4.74 Å². The van der Waals surface area contributed by atoms with E-state index in [9.17, 15) is 5.11 Å². The van der Waals surface area contributed by atoms with Gasteiger partial charge in [0.05, 0.1) is 12.7 Å². The van der Waals surface area contributed by atoms with Crippen LogP contribution in [0.2, 0.25) is 0 Å². The third kappa shape index (κ3) is 2.85. The van der Waals surface area contributed by atoms with E-state index in [0.29, 0.717) is 30.5 Å². The van der Waals surface area contributed by atoms with Gasteiger partial charge in [0.1, 0.15) is 0 Å². The molecule has 0 amide bonds. The minimum absolute atomic E-state index is 0.331. The maximum absolute atomic E-state index is 9.42. The van der Waals surface area contributed by atoms with Crippen LogP contribution in [-0.2, 0) is 4.74 Å². The summed E-state index contributed by atoms with van der Waals surface area (Å²) in [6, 6.07) is 0. The van der Waals surface area contributed by atoms with E-state index in [1.165, 1.54) is 25.7 Å². The Labute approximate surface area is 106 Å². The van der Waals surface area contributed by atoms with E-state index in [-0.39, 0.29) is 0 Å². The SMILES string of the molecule is CC1CCC2C(CO1)C(C(C)CO)CC[C@H]2C. The molecule has 2 heteroatoms. The molecule has 0 aromatic heterocycles. The number of aliphatic hydroxyl groups excluding tert-OH is 1. The molecule has 6 atom stereocenters. The molecule has 2 rings (SSSR count). The molecule has 1 N–H and O–H groups in total. The standard InChI is InChI=1S/C15H28O2/c1-10-4-6-14(11(2)8-16)15-9-17-12(3)5-7-13(10)15/h10-16H,4-9H2,1-3H3/t10-,11?,12?,13?,14?,15?/m1/s1. The monoisotopic (exact) mass is 240 g/mol. The van der Waals surface area contributed by atoms with Gasteiger partial charge in [-0.25, -0.2) is 0 Å². The molecule has 2 aliphatic rings. The van der Waals surface area contributed by atoms with E-state index in [2.05, 4.69) is 20.8 Å². The second-order valence-corrected chi connectivity index (χ2v) is 6.43. The molecule has 1 saturated carbocycles. The molecule has 1 heterocycles. The molecule has 1 saturated heterocycles. The van der Waals surface area contributed by atoms with Crippen LogP contribution in [0, 0.1) is 29.6 Å². The van der Waals surface area contributed by atoms with Gasteiger partial charge in [-0.1, -0.05) is 20.3 Å². The van der Waals surface area contributed by atoms with Crippen LogP contribution in [0.3, 0.4) is 0 Å². The van der Waals surface area contributed by atoms with Crippen molar-refractivity contribution in [1.29, 1.82) is 0 Å². The highest BCUT2D eigenvalue weighted by Crippen LogP contribution is 2.45. The first-order chi connectivity index (χ1) is 8.13. The summed E-state index contributed by atoms with van der Waals surface area (Å²) in [7, 11) is 0. The van der Waals surface area contributed by atoms with E-state index in [0.717, 1.165) is 18.4 Å². The molecule has 1 aliphatic carbocycles. The number of hydrogen-bond donors (Lipinski definition) is 1. The normalized spacial score (nSPS) is 44.8. The van der Waals surface area contributed by atoms with Crippen molar-refractivity contribution in [3.8, 4) is 0 Å². The summed E-state index contributed by atoms with van der Waals surface area (Å²) in [4.78, 5) is 0. The van der Waals surface area contributed by atoms with Crippen molar-refractivity contribution in [1.82, 2.24) is 0 Å². The van der Waals surface area contributed by atoms with Crippen molar-refractivity contribution >= 4 is 0 Å². The number of aliphatic hydroxyl groups is 1. The van der Waals surface area contributed by atoms with E-state index < -0.39 is 0 Å². The molecule has 2 nitrogen and oxygen atoms in total. The zero-order valence-corrected chi connectivity index (χ0v) is 11.6. The highest BCUT2D eigenvalue weighted by Gasteiger charge is 2.40. The molecular formula is C15H28O2. The Hall–Kier alpha value is -0.0800. The number of hydrogen-bond acceptors (Lipinski definition) is 2. The van der Waals surface area contributed by atoms with E-state index in [1.807, 2.05) is 0 Å². The molecule has 0 radical (unpaired) electrons. The topological polar surface area (TPSA) is 29.5 Å². The van der Waals surface area contributed by atoms with Crippen LogP contribution in [0.25, 0.3) is 0 Å². The summed E-state index contributed by atoms with van der Waals surface area (Å²) in [5.41, 5.74) is 0.